The highest BCUT2D eigenvalue weighted by Gasteiger charge is 2.37. The molecule has 1 fully saturated rings. The number of aromatic nitrogens is 2. The largest absolute Gasteiger partial charge is 0.394 e. The van der Waals surface area contributed by atoms with Crippen molar-refractivity contribution in [3.63, 3.8) is 0 Å². The van der Waals surface area contributed by atoms with Gasteiger partial charge in [0.15, 0.2) is 5.03 Å². The van der Waals surface area contributed by atoms with E-state index in [1.807, 2.05) is 11.5 Å². The molecule has 1 aliphatic rings. The number of sulfonamides is 1. The summed E-state index contributed by atoms with van der Waals surface area (Å²) in [7, 11) is -3.75. The number of aryl methyl sites for hydroxylation is 2. The lowest BCUT2D eigenvalue weighted by molar-refractivity contribution is 0.0222. The van der Waals surface area contributed by atoms with Crippen molar-refractivity contribution in [2.75, 3.05) is 19.8 Å². The molecule has 0 atom stereocenters. The van der Waals surface area contributed by atoms with E-state index < -0.39 is 15.6 Å². The number of aliphatic hydroxyl groups excluding tert-OH is 1. The molecule has 1 saturated heterocycles. The van der Waals surface area contributed by atoms with Crippen LogP contribution in [0.3, 0.4) is 0 Å². The third-order valence-electron chi connectivity index (χ3n) is 3.80. The zero-order valence-corrected chi connectivity index (χ0v) is 13.3. The van der Waals surface area contributed by atoms with Crippen LogP contribution in [0.15, 0.2) is 11.2 Å². The Morgan fingerprint density at radius 1 is 1.48 bits per heavy atom. The standard InChI is InChI=1S/C13H23N3O4S/c1-3-6-16-9-12(14-11(16)2)21(18,19)15-13(10-17)4-7-20-8-5-13/h9,15,17H,3-8,10H2,1-2H3. The molecular formula is C13H23N3O4S. The molecule has 2 heterocycles. The van der Waals surface area contributed by atoms with Crippen LogP contribution in [0, 0.1) is 6.92 Å². The molecule has 0 aliphatic carbocycles. The van der Waals surface area contributed by atoms with Crippen LogP contribution >= 0.6 is 0 Å². The molecule has 120 valence electrons. The molecule has 0 saturated carbocycles. The van der Waals surface area contributed by atoms with Gasteiger partial charge in [0.1, 0.15) is 5.82 Å². The molecule has 0 spiro atoms. The summed E-state index contributed by atoms with van der Waals surface area (Å²) in [6.45, 7) is 5.16. The second-order valence-corrected chi connectivity index (χ2v) is 7.11. The quantitative estimate of drug-likeness (QED) is 0.793. The van der Waals surface area contributed by atoms with Crippen LogP contribution in [0.1, 0.15) is 32.0 Å². The van der Waals surface area contributed by atoms with Crippen molar-refractivity contribution in [1.29, 1.82) is 0 Å². The van der Waals surface area contributed by atoms with E-state index in [4.69, 9.17) is 4.74 Å². The third-order valence-corrected chi connectivity index (χ3v) is 5.25. The Morgan fingerprint density at radius 2 is 2.14 bits per heavy atom. The molecule has 1 aromatic rings. The van der Waals surface area contributed by atoms with E-state index in [0.717, 1.165) is 13.0 Å². The Balaban J connectivity index is 2.23. The Kier molecular flexibility index (Phi) is 5.03. The van der Waals surface area contributed by atoms with E-state index in [9.17, 15) is 13.5 Å². The Morgan fingerprint density at radius 3 is 2.71 bits per heavy atom. The van der Waals surface area contributed by atoms with E-state index in [1.54, 1.807) is 13.1 Å². The number of hydrogen-bond donors (Lipinski definition) is 2. The molecule has 0 amide bonds. The zero-order chi connectivity index (χ0) is 15.5. The zero-order valence-electron chi connectivity index (χ0n) is 12.5. The molecular weight excluding hydrogens is 294 g/mol. The molecule has 7 nitrogen and oxygen atoms in total. The Hall–Kier alpha value is -0.960. The highest BCUT2D eigenvalue weighted by atomic mass is 32.2. The molecule has 21 heavy (non-hydrogen) atoms. The third kappa shape index (κ3) is 3.63. The first-order valence-electron chi connectivity index (χ1n) is 7.19. The lowest BCUT2D eigenvalue weighted by Crippen LogP contribution is -2.54. The molecule has 1 aromatic heterocycles. The van der Waals surface area contributed by atoms with E-state index in [1.165, 1.54) is 0 Å². The van der Waals surface area contributed by atoms with Crippen LogP contribution in [-0.4, -0.2) is 48.4 Å². The maximum Gasteiger partial charge on any atom is 0.260 e. The first-order valence-corrected chi connectivity index (χ1v) is 8.67. The summed E-state index contributed by atoms with van der Waals surface area (Å²) in [4.78, 5) is 4.13. The monoisotopic (exact) mass is 317 g/mol. The van der Waals surface area contributed by atoms with Crippen LogP contribution in [0.4, 0.5) is 0 Å². The molecule has 2 N–H and O–H groups in total. The second kappa shape index (κ2) is 6.43. The van der Waals surface area contributed by atoms with Crippen molar-refractivity contribution in [3.8, 4) is 0 Å². The predicted molar refractivity (Wildman–Crippen MR) is 77.4 cm³/mol. The van der Waals surface area contributed by atoms with Crippen LogP contribution < -0.4 is 4.72 Å². The summed E-state index contributed by atoms with van der Waals surface area (Å²) in [5, 5.41) is 9.59. The van der Waals surface area contributed by atoms with Crippen LogP contribution in [-0.2, 0) is 21.3 Å². The maximum absolute atomic E-state index is 12.5. The summed E-state index contributed by atoms with van der Waals surface area (Å²) in [6.07, 6.45) is 3.36. The predicted octanol–water partition coefficient (Wildman–Crippen LogP) is 0.421. The summed E-state index contributed by atoms with van der Waals surface area (Å²) < 4.78 is 34.7. The van der Waals surface area contributed by atoms with Gasteiger partial charge in [-0.2, -0.15) is 0 Å². The highest BCUT2D eigenvalue weighted by molar-refractivity contribution is 7.89. The molecule has 0 bridgehead atoms. The topological polar surface area (TPSA) is 93.5 Å². The molecule has 8 heteroatoms. The summed E-state index contributed by atoms with van der Waals surface area (Å²) in [6, 6.07) is 0. The minimum Gasteiger partial charge on any atom is -0.394 e. The van der Waals surface area contributed by atoms with Crippen LogP contribution in [0.5, 0.6) is 0 Å². The minimum absolute atomic E-state index is 0.00719. The lowest BCUT2D eigenvalue weighted by Gasteiger charge is -2.35. The lowest BCUT2D eigenvalue weighted by atomic mass is 9.93. The van der Waals surface area contributed by atoms with E-state index in [2.05, 4.69) is 9.71 Å². The fourth-order valence-electron chi connectivity index (χ4n) is 2.47. The number of hydrogen-bond acceptors (Lipinski definition) is 5. The van der Waals surface area contributed by atoms with Gasteiger partial charge in [-0.15, -0.1) is 0 Å². The summed E-state index contributed by atoms with van der Waals surface area (Å²) in [5.74, 6) is 0.669. The van der Waals surface area contributed by atoms with Gasteiger partial charge in [0, 0.05) is 26.0 Å². The van der Waals surface area contributed by atoms with E-state index >= 15 is 0 Å². The summed E-state index contributed by atoms with van der Waals surface area (Å²) >= 11 is 0. The van der Waals surface area contributed by atoms with Gasteiger partial charge in [-0.1, -0.05) is 6.92 Å². The number of imidazole rings is 1. The number of rotatable bonds is 6. The van der Waals surface area contributed by atoms with Gasteiger partial charge in [-0.05, 0) is 26.2 Å². The number of nitrogens with one attached hydrogen (secondary N) is 1. The van der Waals surface area contributed by atoms with Gasteiger partial charge in [0.05, 0.1) is 12.1 Å². The Bertz CT molecular complexity index is 576. The average Bonchev–Trinajstić information content (AvgIpc) is 2.82. The van der Waals surface area contributed by atoms with Gasteiger partial charge in [0.25, 0.3) is 10.0 Å². The first kappa shape index (κ1) is 16.4. The molecule has 2 rings (SSSR count). The van der Waals surface area contributed by atoms with Gasteiger partial charge in [-0.3, -0.25) is 0 Å². The van der Waals surface area contributed by atoms with Gasteiger partial charge < -0.3 is 14.4 Å². The van der Waals surface area contributed by atoms with Crippen LogP contribution in [0.2, 0.25) is 0 Å². The second-order valence-electron chi connectivity index (χ2n) is 5.48. The highest BCUT2D eigenvalue weighted by Crippen LogP contribution is 2.23. The molecule has 0 unspecified atom stereocenters. The average molecular weight is 317 g/mol. The molecule has 0 aromatic carbocycles. The number of nitrogens with zero attached hydrogens (tertiary/aromatic N) is 2. The normalized spacial score (nSPS) is 18.8. The number of ether oxygens (including phenoxy) is 1. The minimum atomic E-state index is -3.75. The summed E-state index contributed by atoms with van der Waals surface area (Å²) in [5.41, 5.74) is -0.848. The van der Waals surface area contributed by atoms with Crippen molar-refractivity contribution in [2.24, 2.45) is 0 Å². The van der Waals surface area contributed by atoms with Gasteiger partial charge in [0.2, 0.25) is 0 Å². The fraction of sp³-hybridized carbons (Fsp3) is 0.769. The molecule has 1 aliphatic heterocycles. The van der Waals surface area contributed by atoms with Crippen molar-refractivity contribution >= 4 is 10.0 Å². The van der Waals surface area contributed by atoms with Crippen molar-refractivity contribution < 1.29 is 18.3 Å². The van der Waals surface area contributed by atoms with E-state index in [-0.39, 0.29) is 11.6 Å². The van der Waals surface area contributed by atoms with Crippen LogP contribution in [0.25, 0.3) is 0 Å². The van der Waals surface area contributed by atoms with Gasteiger partial charge in [-0.25, -0.2) is 18.1 Å². The smallest absolute Gasteiger partial charge is 0.260 e. The fourth-order valence-corrected chi connectivity index (χ4v) is 3.93. The van der Waals surface area contributed by atoms with Crippen molar-refractivity contribution in [1.82, 2.24) is 14.3 Å². The first-order chi connectivity index (χ1) is 9.92. The maximum atomic E-state index is 12.5. The van der Waals surface area contributed by atoms with Crippen molar-refractivity contribution in [3.05, 3.63) is 12.0 Å². The van der Waals surface area contributed by atoms with Gasteiger partial charge >= 0.3 is 0 Å². The Labute approximate surface area is 125 Å². The van der Waals surface area contributed by atoms with E-state index in [0.29, 0.717) is 31.9 Å². The molecule has 0 radical (unpaired) electrons. The number of aliphatic hydroxyl groups is 1. The van der Waals surface area contributed by atoms with Crippen molar-refractivity contribution in [2.45, 2.75) is 50.2 Å². The SMILES string of the molecule is CCCn1cc(S(=O)(=O)NC2(CO)CCOCC2)nc1C.